The lowest BCUT2D eigenvalue weighted by Gasteiger charge is -2.25. The molecule has 11 aromatic rings. The third-order valence-corrected chi connectivity index (χ3v) is 11.0. The molecule has 0 aliphatic carbocycles. The van der Waals surface area contributed by atoms with E-state index in [1.807, 2.05) is 54.7 Å². The van der Waals surface area contributed by atoms with E-state index in [4.69, 9.17) is 11.6 Å². The van der Waals surface area contributed by atoms with Crippen molar-refractivity contribution in [1.29, 1.82) is 5.26 Å². The molecule has 0 radical (unpaired) electrons. The molecule has 11 rings (SSSR count). The molecule has 54 heavy (non-hydrogen) atoms. The van der Waals surface area contributed by atoms with E-state index in [0.717, 1.165) is 93.4 Å². The van der Waals surface area contributed by atoms with Crippen LogP contribution in [0.25, 0.3) is 104 Å². The quantitative estimate of drug-likeness (QED) is 0.137. The highest BCUT2D eigenvalue weighted by molar-refractivity contribution is 6.33. The number of rotatable bonds is 4. The summed E-state index contributed by atoms with van der Waals surface area (Å²) in [7, 11) is 0. The summed E-state index contributed by atoms with van der Waals surface area (Å²) in [6, 6.07) is 56.6. The zero-order valence-electron chi connectivity index (χ0n) is 28.8. The number of nitriles is 1. The lowest BCUT2D eigenvalue weighted by atomic mass is 9.88. The summed E-state index contributed by atoms with van der Waals surface area (Å²) in [5, 5.41) is 19.2. The summed E-state index contributed by atoms with van der Waals surface area (Å²) < 4.78 is 4.52. The number of aromatic nitrogens is 3. The molecule has 0 aliphatic heterocycles. The average molecular weight is 686 g/mol. The van der Waals surface area contributed by atoms with Gasteiger partial charge in [-0.1, -0.05) is 133 Å². The molecular weight excluding hydrogens is 659 g/mol. The first-order valence-corrected chi connectivity index (χ1v) is 17.9. The minimum atomic E-state index is 0.417. The fourth-order valence-corrected chi connectivity index (χ4v) is 8.89. The molecule has 0 saturated heterocycles. The van der Waals surface area contributed by atoms with Crippen LogP contribution in [-0.2, 0) is 0 Å². The Labute approximate surface area is 310 Å². The van der Waals surface area contributed by atoms with Crippen molar-refractivity contribution in [3.05, 3.63) is 181 Å². The molecule has 8 aromatic carbocycles. The number of para-hydroxylation sites is 2. The lowest BCUT2D eigenvalue weighted by Crippen LogP contribution is -2.08. The van der Waals surface area contributed by atoms with Crippen LogP contribution in [0.15, 0.2) is 164 Å². The fourth-order valence-electron chi connectivity index (χ4n) is 8.89. The van der Waals surface area contributed by atoms with Gasteiger partial charge in [0.15, 0.2) is 0 Å². The maximum Gasteiger partial charge on any atom is 0.220 e. The van der Waals surface area contributed by atoms with Crippen LogP contribution in [0.2, 0.25) is 0 Å². The van der Waals surface area contributed by atoms with E-state index in [9.17, 15) is 5.26 Å². The van der Waals surface area contributed by atoms with Crippen molar-refractivity contribution in [2.24, 2.45) is 0 Å². The molecule has 0 saturated carbocycles. The summed E-state index contributed by atoms with van der Waals surface area (Å²) >= 11 is 0. The normalized spacial score (nSPS) is 11.7. The van der Waals surface area contributed by atoms with E-state index in [1.54, 1.807) is 0 Å². The highest BCUT2D eigenvalue weighted by atomic mass is 15.0. The molecule has 0 unspecified atom stereocenters. The summed E-state index contributed by atoms with van der Waals surface area (Å²) in [6.45, 7) is 9.02. The first kappa shape index (κ1) is 29.9. The van der Waals surface area contributed by atoms with Crippen molar-refractivity contribution in [3.63, 3.8) is 0 Å². The topological polar surface area (TPSA) is 50.9 Å². The van der Waals surface area contributed by atoms with Gasteiger partial charge in [-0.2, -0.15) is 5.26 Å². The Morgan fingerprint density at radius 2 is 1.00 bits per heavy atom. The second kappa shape index (κ2) is 11.4. The molecule has 0 N–H and O–H groups in total. The number of fused-ring (bicyclic) bond motifs is 6. The largest absolute Gasteiger partial charge is 0.318 e. The van der Waals surface area contributed by atoms with Gasteiger partial charge in [0.25, 0.3) is 0 Å². The van der Waals surface area contributed by atoms with Crippen LogP contribution in [0.4, 0.5) is 5.69 Å². The molecule has 248 valence electrons. The molecule has 5 heteroatoms. The van der Waals surface area contributed by atoms with Gasteiger partial charge in [-0.05, 0) is 46.2 Å². The van der Waals surface area contributed by atoms with E-state index >= 15 is 0 Å². The molecule has 3 aromatic heterocycles. The summed E-state index contributed by atoms with van der Waals surface area (Å²) in [5.74, 6) is 0. The minimum absolute atomic E-state index is 0.417. The Kier molecular flexibility index (Phi) is 6.32. The third kappa shape index (κ3) is 3.93. The molecule has 5 nitrogen and oxygen atoms in total. The predicted molar refractivity (Wildman–Crippen MR) is 221 cm³/mol. The average Bonchev–Trinajstić information content (AvgIpc) is 3.76. The van der Waals surface area contributed by atoms with E-state index in [-0.39, 0.29) is 0 Å². The van der Waals surface area contributed by atoms with Crippen LogP contribution in [0.1, 0.15) is 5.56 Å². The van der Waals surface area contributed by atoms with Crippen LogP contribution < -0.4 is 0 Å². The molecule has 0 atom stereocenters. The van der Waals surface area contributed by atoms with E-state index in [0.29, 0.717) is 16.8 Å². The smallest absolute Gasteiger partial charge is 0.220 e. The fraction of sp³-hybridized carbons (Fsp3) is 0. The van der Waals surface area contributed by atoms with Crippen molar-refractivity contribution in [1.82, 2.24) is 14.1 Å². The monoisotopic (exact) mass is 685 g/mol. The maximum absolute atomic E-state index is 11.5. The van der Waals surface area contributed by atoms with Gasteiger partial charge in [-0.3, -0.25) is 4.98 Å². The van der Waals surface area contributed by atoms with Gasteiger partial charge >= 0.3 is 0 Å². The molecule has 0 amide bonds. The second-order valence-electron chi connectivity index (χ2n) is 13.6. The standard InChI is InChI=1S/C49H27N5/c1-51-47-42(30-15-4-2-5-16-30)37(29-50)48(53-38-24-12-10-20-33(38)34-21-11-13-25-39(34)53)43(31-17-6-3-7-18-31)49(47)54-40-26-14-23-35-32-19-8-9-22-36(32)46-45(44(35)40)41(54)27-28-52-46/h2-28H. The van der Waals surface area contributed by atoms with Gasteiger partial charge in [-0.25, -0.2) is 4.85 Å². The second-order valence-corrected chi connectivity index (χ2v) is 13.6. The number of benzene rings is 8. The van der Waals surface area contributed by atoms with E-state index in [1.165, 1.54) is 0 Å². The van der Waals surface area contributed by atoms with E-state index in [2.05, 4.69) is 129 Å². The highest BCUT2D eigenvalue weighted by Crippen LogP contribution is 2.53. The number of nitrogens with zero attached hydrogens (tertiary/aromatic N) is 5. The SMILES string of the molecule is [C-]#[N+]c1c(-c2ccccc2)c(C#N)c(-n2c3ccccc3c3ccccc32)c(-c2ccccc2)c1-n1c2cccc3c4ccccc4c4nccc1c4c32. The zero-order valence-corrected chi connectivity index (χ0v) is 28.8. The van der Waals surface area contributed by atoms with Gasteiger partial charge in [-0.15, -0.1) is 0 Å². The Morgan fingerprint density at radius 3 is 1.65 bits per heavy atom. The Hall–Kier alpha value is -7.73. The Bertz CT molecular complexity index is 3250. The summed E-state index contributed by atoms with van der Waals surface area (Å²) in [5.41, 5.74) is 10.3. The highest BCUT2D eigenvalue weighted by Gasteiger charge is 2.32. The van der Waals surface area contributed by atoms with Crippen LogP contribution in [0, 0.1) is 17.9 Å². The van der Waals surface area contributed by atoms with Crippen molar-refractivity contribution >= 4 is 71.0 Å². The van der Waals surface area contributed by atoms with Crippen LogP contribution in [0.5, 0.6) is 0 Å². The molecule has 0 fully saturated rings. The van der Waals surface area contributed by atoms with Crippen molar-refractivity contribution in [2.45, 2.75) is 0 Å². The van der Waals surface area contributed by atoms with Gasteiger partial charge < -0.3 is 9.13 Å². The summed E-state index contributed by atoms with van der Waals surface area (Å²) in [6.07, 6.45) is 1.88. The molecular formula is C49H27N5. The first-order chi connectivity index (χ1) is 26.8. The third-order valence-electron chi connectivity index (χ3n) is 11.0. The van der Waals surface area contributed by atoms with Crippen LogP contribution in [0.3, 0.4) is 0 Å². The number of hydrogen-bond acceptors (Lipinski definition) is 2. The van der Waals surface area contributed by atoms with Gasteiger partial charge in [0, 0.05) is 44.3 Å². The maximum atomic E-state index is 11.5. The van der Waals surface area contributed by atoms with Crippen molar-refractivity contribution in [3.8, 4) is 39.7 Å². The summed E-state index contributed by atoms with van der Waals surface area (Å²) in [4.78, 5) is 9.40. The van der Waals surface area contributed by atoms with Crippen LogP contribution in [-0.4, -0.2) is 14.1 Å². The number of hydrogen-bond donors (Lipinski definition) is 0. The molecule has 0 aliphatic rings. The number of pyridine rings is 1. The minimum Gasteiger partial charge on any atom is -0.318 e. The van der Waals surface area contributed by atoms with Crippen molar-refractivity contribution in [2.75, 3.05) is 0 Å². The van der Waals surface area contributed by atoms with E-state index < -0.39 is 0 Å². The lowest BCUT2D eigenvalue weighted by molar-refractivity contribution is 1.13. The Balaban J connectivity index is 1.46. The zero-order chi connectivity index (χ0) is 35.9. The molecule has 0 spiro atoms. The molecule has 0 bridgehead atoms. The Morgan fingerprint density at radius 1 is 0.481 bits per heavy atom. The van der Waals surface area contributed by atoms with Crippen molar-refractivity contribution < 1.29 is 0 Å². The first-order valence-electron chi connectivity index (χ1n) is 17.9. The van der Waals surface area contributed by atoms with Gasteiger partial charge in [0.05, 0.1) is 51.1 Å². The molecule has 3 heterocycles. The van der Waals surface area contributed by atoms with Crippen LogP contribution >= 0.6 is 0 Å². The predicted octanol–water partition coefficient (Wildman–Crippen LogP) is 12.8. The van der Waals surface area contributed by atoms with Gasteiger partial charge in [0.1, 0.15) is 6.07 Å². The van der Waals surface area contributed by atoms with Gasteiger partial charge in [0.2, 0.25) is 5.69 Å².